The number of nitrogens with zero attached hydrogens (tertiary/aromatic N) is 1. The summed E-state index contributed by atoms with van der Waals surface area (Å²) in [5.74, 6) is -0.197. The minimum Gasteiger partial charge on any atom is -0.493 e. The summed E-state index contributed by atoms with van der Waals surface area (Å²) in [4.78, 5) is 16.6. The Morgan fingerprint density at radius 2 is 2.00 bits per heavy atom. The Kier molecular flexibility index (Phi) is 6.23. The summed E-state index contributed by atoms with van der Waals surface area (Å²) in [6.45, 7) is 0.247. The summed E-state index contributed by atoms with van der Waals surface area (Å²) in [5, 5.41) is 4.37. The average molecular weight is 424 g/mol. The van der Waals surface area contributed by atoms with Crippen LogP contribution < -0.4 is 19.5 Å². The van der Waals surface area contributed by atoms with Crippen molar-refractivity contribution in [2.75, 3.05) is 12.4 Å². The largest absolute Gasteiger partial charge is 0.573 e. The number of hydrogen-bond acceptors (Lipinski definition) is 6. The lowest BCUT2D eigenvalue weighted by molar-refractivity contribution is -0.274. The summed E-state index contributed by atoms with van der Waals surface area (Å²) in [6, 6.07) is 9.57. The summed E-state index contributed by atoms with van der Waals surface area (Å²) < 4.78 is 51.8. The SMILES string of the molecule is COc1cc(C(=O)Nc2cccc(OC(F)(F)F)c2)ccc1OCc1cscn1. The van der Waals surface area contributed by atoms with Crippen molar-refractivity contribution in [3.8, 4) is 17.2 Å². The first-order valence-corrected chi connectivity index (χ1v) is 9.13. The van der Waals surface area contributed by atoms with E-state index in [0.717, 1.165) is 17.8 Å². The van der Waals surface area contributed by atoms with Crippen molar-refractivity contribution in [3.63, 3.8) is 0 Å². The number of alkyl halides is 3. The highest BCUT2D eigenvalue weighted by molar-refractivity contribution is 7.07. The summed E-state index contributed by atoms with van der Waals surface area (Å²) in [5.41, 5.74) is 2.85. The molecule has 0 bridgehead atoms. The second kappa shape index (κ2) is 8.82. The Bertz CT molecular complexity index is 978. The number of thiazole rings is 1. The first kappa shape index (κ1) is 20.5. The van der Waals surface area contributed by atoms with Crippen molar-refractivity contribution >= 4 is 22.9 Å². The van der Waals surface area contributed by atoms with E-state index in [1.165, 1.54) is 42.7 Å². The van der Waals surface area contributed by atoms with E-state index in [9.17, 15) is 18.0 Å². The van der Waals surface area contributed by atoms with Gasteiger partial charge in [0, 0.05) is 22.7 Å². The third-order valence-electron chi connectivity index (χ3n) is 3.61. The van der Waals surface area contributed by atoms with Gasteiger partial charge < -0.3 is 19.5 Å². The number of hydrogen-bond donors (Lipinski definition) is 1. The number of nitrogens with one attached hydrogen (secondary N) is 1. The number of aromatic nitrogens is 1. The monoisotopic (exact) mass is 424 g/mol. The van der Waals surface area contributed by atoms with Crippen LogP contribution in [0.25, 0.3) is 0 Å². The van der Waals surface area contributed by atoms with Crippen molar-refractivity contribution < 1.29 is 32.2 Å². The number of ether oxygens (including phenoxy) is 3. The molecule has 0 saturated carbocycles. The predicted molar refractivity (Wildman–Crippen MR) is 101 cm³/mol. The maximum Gasteiger partial charge on any atom is 0.573 e. The van der Waals surface area contributed by atoms with Crippen LogP contribution in [0.1, 0.15) is 16.1 Å². The minimum atomic E-state index is -4.82. The van der Waals surface area contributed by atoms with Gasteiger partial charge in [0.25, 0.3) is 5.91 Å². The van der Waals surface area contributed by atoms with Crippen LogP contribution in [0.15, 0.2) is 53.4 Å². The van der Waals surface area contributed by atoms with Crippen LogP contribution in [-0.2, 0) is 6.61 Å². The molecule has 29 heavy (non-hydrogen) atoms. The molecule has 1 heterocycles. The Balaban J connectivity index is 1.70. The van der Waals surface area contributed by atoms with Crippen LogP contribution >= 0.6 is 11.3 Å². The van der Waals surface area contributed by atoms with Crippen molar-refractivity contribution in [1.29, 1.82) is 0 Å². The molecule has 0 radical (unpaired) electrons. The minimum absolute atomic E-state index is 0.152. The summed E-state index contributed by atoms with van der Waals surface area (Å²) in [7, 11) is 1.44. The molecule has 1 N–H and O–H groups in total. The van der Waals surface area contributed by atoms with Gasteiger partial charge in [-0.15, -0.1) is 24.5 Å². The zero-order chi connectivity index (χ0) is 20.9. The van der Waals surface area contributed by atoms with Crippen molar-refractivity contribution in [2.24, 2.45) is 0 Å². The molecule has 6 nitrogen and oxygen atoms in total. The average Bonchev–Trinajstić information content (AvgIpc) is 3.18. The van der Waals surface area contributed by atoms with E-state index < -0.39 is 18.0 Å². The van der Waals surface area contributed by atoms with E-state index >= 15 is 0 Å². The number of benzene rings is 2. The Labute approximate surface area is 167 Å². The Morgan fingerprint density at radius 1 is 1.17 bits per heavy atom. The van der Waals surface area contributed by atoms with Gasteiger partial charge in [0.1, 0.15) is 12.4 Å². The van der Waals surface area contributed by atoms with Gasteiger partial charge in [-0.05, 0) is 30.3 Å². The molecule has 0 fully saturated rings. The number of amides is 1. The fourth-order valence-corrected chi connectivity index (χ4v) is 2.91. The highest BCUT2D eigenvalue weighted by Crippen LogP contribution is 2.30. The lowest BCUT2D eigenvalue weighted by Crippen LogP contribution is -2.17. The van der Waals surface area contributed by atoms with E-state index in [0.29, 0.717) is 11.5 Å². The number of carbonyl (C=O) groups is 1. The highest BCUT2D eigenvalue weighted by Gasteiger charge is 2.31. The van der Waals surface area contributed by atoms with Gasteiger partial charge in [-0.2, -0.15) is 0 Å². The van der Waals surface area contributed by atoms with Gasteiger partial charge >= 0.3 is 6.36 Å². The van der Waals surface area contributed by atoms with Gasteiger partial charge in [-0.25, -0.2) is 4.98 Å². The standard InChI is InChI=1S/C19H15F3N2O4S/c1-26-17-7-12(5-6-16(17)27-9-14-10-29-11-23-14)18(25)24-13-3-2-4-15(8-13)28-19(20,21)22/h2-8,10-11H,9H2,1H3,(H,24,25). The smallest absolute Gasteiger partial charge is 0.493 e. The first-order valence-electron chi connectivity index (χ1n) is 8.19. The molecule has 1 aromatic heterocycles. The fourth-order valence-electron chi connectivity index (χ4n) is 2.36. The highest BCUT2D eigenvalue weighted by atomic mass is 32.1. The van der Waals surface area contributed by atoms with Gasteiger partial charge in [-0.3, -0.25) is 4.79 Å². The van der Waals surface area contributed by atoms with Crippen LogP contribution in [0.4, 0.5) is 18.9 Å². The van der Waals surface area contributed by atoms with E-state index in [-0.39, 0.29) is 17.9 Å². The van der Waals surface area contributed by atoms with Crippen LogP contribution in [0, 0.1) is 0 Å². The van der Waals surface area contributed by atoms with Gasteiger partial charge in [0.2, 0.25) is 0 Å². The van der Waals surface area contributed by atoms with Crippen molar-refractivity contribution in [2.45, 2.75) is 13.0 Å². The molecule has 0 atom stereocenters. The van der Waals surface area contributed by atoms with Crippen LogP contribution in [0.5, 0.6) is 17.2 Å². The molecule has 152 valence electrons. The predicted octanol–water partition coefficient (Wildman–Crippen LogP) is 4.88. The van der Waals surface area contributed by atoms with E-state index in [2.05, 4.69) is 15.0 Å². The zero-order valence-corrected chi connectivity index (χ0v) is 15.8. The van der Waals surface area contributed by atoms with Crippen LogP contribution in [-0.4, -0.2) is 24.4 Å². The topological polar surface area (TPSA) is 69.7 Å². The number of carbonyl (C=O) groups excluding carboxylic acids is 1. The molecule has 0 aliphatic rings. The normalized spacial score (nSPS) is 11.0. The number of methoxy groups -OCH3 is 1. The number of rotatable bonds is 7. The molecular weight excluding hydrogens is 409 g/mol. The number of anilines is 1. The molecule has 0 spiro atoms. The van der Waals surface area contributed by atoms with Gasteiger partial charge in [0.15, 0.2) is 11.5 Å². The maximum atomic E-state index is 12.5. The molecule has 10 heteroatoms. The molecule has 2 aromatic carbocycles. The summed E-state index contributed by atoms with van der Waals surface area (Å²) >= 11 is 1.45. The molecule has 0 unspecified atom stereocenters. The zero-order valence-electron chi connectivity index (χ0n) is 15.0. The lowest BCUT2D eigenvalue weighted by Gasteiger charge is -2.13. The number of halogens is 3. The summed E-state index contributed by atoms with van der Waals surface area (Å²) in [6.07, 6.45) is -4.82. The third kappa shape index (κ3) is 5.85. The van der Waals surface area contributed by atoms with Gasteiger partial charge in [-0.1, -0.05) is 6.07 Å². The lowest BCUT2D eigenvalue weighted by atomic mass is 10.1. The molecule has 3 rings (SSSR count). The molecular formula is C19H15F3N2O4S. The van der Waals surface area contributed by atoms with E-state index in [1.54, 1.807) is 11.6 Å². The van der Waals surface area contributed by atoms with Crippen LogP contribution in [0.3, 0.4) is 0 Å². The Hall–Kier alpha value is -3.27. The fraction of sp³-hybridized carbons (Fsp3) is 0.158. The molecule has 0 aliphatic carbocycles. The van der Waals surface area contributed by atoms with Crippen LogP contribution in [0.2, 0.25) is 0 Å². The van der Waals surface area contributed by atoms with Crippen molar-refractivity contribution in [1.82, 2.24) is 4.98 Å². The molecule has 0 aliphatic heterocycles. The van der Waals surface area contributed by atoms with E-state index in [1.807, 2.05) is 5.38 Å². The molecule has 3 aromatic rings. The van der Waals surface area contributed by atoms with Crippen molar-refractivity contribution in [3.05, 3.63) is 64.6 Å². The maximum absolute atomic E-state index is 12.5. The molecule has 0 saturated heterocycles. The van der Waals surface area contributed by atoms with E-state index in [4.69, 9.17) is 9.47 Å². The molecule has 1 amide bonds. The quantitative estimate of drug-likeness (QED) is 0.585. The third-order valence-corrected chi connectivity index (χ3v) is 4.25. The second-order valence-corrected chi connectivity index (χ2v) is 6.38. The Morgan fingerprint density at radius 3 is 2.69 bits per heavy atom. The first-order chi connectivity index (χ1) is 13.8. The van der Waals surface area contributed by atoms with Gasteiger partial charge in [0.05, 0.1) is 18.3 Å². The second-order valence-electron chi connectivity index (χ2n) is 5.66.